The molecule has 1 aromatic heterocycles. The Morgan fingerprint density at radius 1 is 1.26 bits per heavy atom. The van der Waals surface area contributed by atoms with Crippen molar-refractivity contribution < 1.29 is 8.42 Å². The molecule has 0 fully saturated rings. The van der Waals surface area contributed by atoms with Crippen LogP contribution in [-0.2, 0) is 10.0 Å². The summed E-state index contributed by atoms with van der Waals surface area (Å²) in [6.45, 7) is 0. The molecule has 2 aromatic rings. The Morgan fingerprint density at radius 3 is 2.47 bits per heavy atom. The van der Waals surface area contributed by atoms with Gasteiger partial charge in [0, 0.05) is 10.2 Å². The number of nitrogens with two attached hydrogens (primary N) is 1. The molecule has 3 N–H and O–H groups in total. The highest BCUT2D eigenvalue weighted by Gasteiger charge is 2.21. The van der Waals surface area contributed by atoms with Crippen molar-refractivity contribution in [1.29, 1.82) is 0 Å². The molecule has 0 atom stereocenters. The smallest absolute Gasteiger partial charge is 0.264 e. The predicted molar refractivity (Wildman–Crippen MR) is 83.7 cm³/mol. The molecule has 0 aliphatic carbocycles. The maximum atomic E-state index is 12.1. The van der Waals surface area contributed by atoms with Crippen LogP contribution in [0.25, 0.3) is 0 Å². The van der Waals surface area contributed by atoms with E-state index in [-0.39, 0.29) is 9.23 Å². The van der Waals surface area contributed by atoms with E-state index in [9.17, 15) is 8.42 Å². The van der Waals surface area contributed by atoms with Crippen molar-refractivity contribution in [3.8, 4) is 0 Å². The molecule has 9 heteroatoms. The van der Waals surface area contributed by atoms with Gasteiger partial charge in [0.25, 0.3) is 10.0 Å². The van der Waals surface area contributed by atoms with Crippen molar-refractivity contribution in [2.75, 3.05) is 10.5 Å². The fourth-order valence-corrected chi connectivity index (χ4v) is 4.89. The Kier molecular flexibility index (Phi) is 4.32. The number of halogens is 3. The second kappa shape index (κ2) is 5.49. The lowest BCUT2D eigenvalue weighted by atomic mass is 10.3. The van der Waals surface area contributed by atoms with E-state index in [0.29, 0.717) is 20.2 Å². The van der Waals surface area contributed by atoms with Gasteiger partial charge >= 0.3 is 0 Å². The van der Waals surface area contributed by atoms with Crippen molar-refractivity contribution in [3.05, 3.63) is 37.4 Å². The van der Waals surface area contributed by atoms with Crippen molar-refractivity contribution in [3.63, 3.8) is 0 Å². The third-order valence-corrected chi connectivity index (χ3v) is 5.99. The number of nitrogens with one attached hydrogen (secondary N) is 1. The molecule has 0 saturated carbocycles. The fraction of sp³-hybridized carbons (Fsp3) is 0. The van der Waals surface area contributed by atoms with E-state index in [4.69, 9.17) is 28.9 Å². The molecule has 4 nitrogen and oxygen atoms in total. The summed E-state index contributed by atoms with van der Waals surface area (Å²) in [5, 5.41) is 0. The highest BCUT2D eigenvalue weighted by Crippen LogP contribution is 2.35. The summed E-state index contributed by atoms with van der Waals surface area (Å²) in [7, 11) is -3.77. The molecule has 19 heavy (non-hydrogen) atoms. The lowest BCUT2D eigenvalue weighted by Crippen LogP contribution is -2.12. The molecule has 0 spiro atoms. The van der Waals surface area contributed by atoms with Gasteiger partial charge in [-0.3, -0.25) is 4.72 Å². The number of hydrogen-bond acceptors (Lipinski definition) is 4. The van der Waals surface area contributed by atoms with Crippen LogP contribution in [0.15, 0.2) is 33.6 Å². The van der Waals surface area contributed by atoms with Crippen LogP contribution >= 0.6 is 50.5 Å². The summed E-state index contributed by atoms with van der Waals surface area (Å²) in [5.41, 5.74) is 6.52. The van der Waals surface area contributed by atoms with Crippen LogP contribution in [0, 0.1) is 0 Å². The molecular weight excluding hydrogens is 395 g/mol. The second-order valence-electron chi connectivity index (χ2n) is 3.53. The Hall–Kier alpha value is -0.470. The van der Waals surface area contributed by atoms with Crippen LogP contribution in [0.2, 0.25) is 8.67 Å². The first-order valence-electron chi connectivity index (χ1n) is 4.82. The number of benzene rings is 1. The minimum atomic E-state index is -3.77. The third kappa shape index (κ3) is 3.35. The van der Waals surface area contributed by atoms with Gasteiger partial charge in [0.05, 0.1) is 10.0 Å². The lowest BCUT2D eigenvalue weighted by molar-refractivity contribution is 0.601. The van der Waals surface area contributed by atoms with Crippen LogP contribution in [-0.4, -0.2) is 8.42 Å². The lowest BCUT2D eigenvalue weighted by Gasteiger charge is -2.08. The molecule has 0 aliphatic rings. The van der Waals surface area contributed by atoms with Gasteiger partial charge in [0.15, 0.2) is 0 Å². The Balaban J connectivity index is 2.36. The number of anilines is 2. The van der Waals surface area contributed by atoms with Crippen LogP contribution in [0.3, 0.4) is 0 Å². The van der Waals surface area contributed by atoms with Crippen molar-refractivity contribution >= 4 is 71.9 Å². The summed E-state index contributed by atoms with van der Waals surface area (Å²) >= 11 is 15.8. The van der Waals surface area contributed by atoms with Crippen LogP contribution in [0.5, 0.6) is 0 Å². The van der Waals surface area contributed by atoms with E-state index >= 15 is 0 Å². The van der Waals surface area contributed by atoms with E-state index in [1.165, 1.54) is 6.07 Å². The minimum Gasteiger partial charge on any atom is -0.398 e. The van der Waals surface area contributed by atoms with Gasteiger partial charge < -0.3 is 5.73 Å². The normalized spacial score (nSPS) is 11.5. The zero-order chi connectivity index (χ0) is 14.2. The molecule has 0 unspecified atom stereocenters. The first kappa shape index (κ1) is 14.9. The average Bonchev–Trinajstić information content (AvgIpc) is 2.63. The highest BCUT2D eigenvalue weighted by atomic mass is 79.9. The van der Waals surface area contributed by atoms with E-state index < -0.39 is 10.0 Å². The maximum Gasteiger partial charge on any atom is 0.264 e. The summed E-state index contributed by atoms with van der Waals surface area (Å²) in [5.74, 6) is 0. The number of thiophene rings is 1. The summed E-state index contributed by atoms with van der Waals surface area (Å²) in [4.78, 5) is -0.0443. The molecule has 0 amide bonds. The molecular formula is C10H7BrCl2N2O2S2. The van der Waals surface area contributed by atoms with E-state index in [0.717, 1.165) is 11.3 Å². The molecule has 1 heterocycles. The largest absolute Gasteiger partial charge is 0.398 e. The standard InChI is InChI=1S/C10H7BrCl2N2O2S2/c11-6-3-5(1-2-7(6)14)15-19(16,17)8-4-9(12)18-10(8)13/h1-4,15H,14H2. The topological polar surface area (TPSA) is 72.2 Å². The zero-order valence-electron chi connectivity index (χ0n) is 9.15. The van der Waals surface area contributed by atoms with Gasteiger partial charge in [-0.25, -0.2) is 8.42 Å². The number of hydrogen-bond donors (Lipinski definition) is 2. The van der Waals surface area contributed by atoms with Crippen molar-refractivity contribution in [2.24, 2.45) is 0 Å². The van der Waals surface area contributed by atoms with Gasteiger partial charge in [-0.2, -0.15) is 0 Å². The molecule has 2 rings (SSSR count). The van der Waals surface area contributed by atoms with Gasteiger partial charge in [-0.1, -0.05) is 23.2 Å². The molecule has 102 valence electrons. The number of nitrogen functional groups attached to an aromatic ring is 1. The first-order chi connectivity index (χ1) is 8.79. The zero-order valence-corrected chi connectivity index (χ0v) is 13.9. The van der Waals surface area contributed by atoms with Gasteiger partial charge in [0.2, 0.25) is 0 Å². The van der Waals surface area contributed by atoms with Gasteiger partial charge in [0.1, 0.15) is 9.23 Å². The molecule has 0 aliphatic heterocycles. The van der Waals surface area contributed by atoms with Gasteiger partial charge in [-0.05, 0) is 40.2 Å². The van der Waals surface area contributed by atoms with Crippen LogP contribution in [0.1, 0.15) is 0 Å². The van der Waals surface area contributed by atoms with E-state index in [2.05, 4.69) is 20.7 Å². The Bertz CT molecular complexity index is 731. The average molecular weight is 402 g/mol. The van der Waals surface area contributed by atoms with E-state index in [1.54, 1.807) is 18.2 Å². The number of sulfonamides is 1. The van der Waals surface area contributed by atoms with Crippen molar-refractivity contribution in [1.82, 2.24) is 0 Å². The first-order valence-corrected chi connectivity index (χ1v) is 8.67. The van der Waals surface area contributed by atoms with Gasteiger partial charge in [-0.15, -0.1) is 11.3 Å². The third-order valence-electron chi connectivity index (χ3n) is 2.17. The summed E-state index contributed by atoms with van der Waals surface area (Å²) in [6, 6.07) is 6.02. The maximum absolute atomic E-state index is 12.1. The van der Waals surface area contributed by atoms with E-state index in [1.807, 2.05) is 0 Å². The fourth-order valence-electron chi connectivity index (χ4n) is 1.31. The van der Waals surface area contributed by atoms with Crippen molar-refractivity contribution in [2.45, 2.75) is 4.90 Å². The molecule has 1 aromatic carbocycles. The second-order valence-corrected chi connectivity index (χ2v) is 8.32. The van der Waals surface area contributed by atoms with Crippen LogP contribution < -0.4 is 10.5 Å². The van der Waals surface area contributed by atoms with Crippen LogP contribution in [0.4, 0.5) is 11.4 Å². The minimum absolute atomic E-state index is 0.0443. The summed E-state index contributed by atoms with van der Waals surface area (Å²) in [6.07, 6.45) is 0. The SMILES string of the molecule is Nc1ccc(NS(=O)(=O)c2cc(Cl)sc2Cl)cc1Br. The molecule has 0 saturated heterocycles. The number of rotatable bonds is 3. The quantitative estimate of drug-likeness (QED) is 0.757. The highest BCUT2D eigenvalue weighted by molar-refractivity contribution is 9.10. The Morgan fingerprint density at radius 2 is 1.95 bits per heavy atom. The Labute approximate surface area is 132 Å². The molecule has 0 bridgehead atoms. The predicted octanol–water partition coefficient (Wildman–Crippen LogP) is 4.20. The molecule has 0 radical (unpaired) electrons. The summed E-state index contributed by atoms with van der Waals surface area (Å²) < 4.78 is 27.7. The monoisotopic (exact) mass is 400 g/mol.